The fourth-order valence-corrected chi connectivity index (χ4v) is 5.57. The van der Waals surface area contributed by atoms with E-state index in [4.69, 9.17) is 5.11 Å². The van der Waals surface area contributed by atoms with E-state index in [-0.39, 0.29) is 95.5 Å². The van der Waals surface area contributed by atoms with E-state index in [1.807, 2.05) is 0 Å². The molecule has 2 atom stereocenters. The maximum atomic E-state index is 14.5. The molecule has 0 spiro atoms. The Balaban J connectivity index is 0.00000127. The van der Waals surface area contributed by atoms with Crippen LogP contribution in [0.2, 0.25) is 0 Å². The Kier molecular flexibility index (Phi) is 12.9. The van der Waals surface area contributed by atoms with Crippen LogP contribution in [0.1, 0.15) is 50.1 Å². The van der Waals surface area contributed by atoms with Crippen LogP contribution in [0.25, 0.3) is 11.2 Å². The number of benzene rings is 1. The summed E-state index contributed by atoms with van der Waals surface area (Å²) in [4.78, 5) is 36.2. The second-order valence-electron chi connectivity index (χ2n) is 10.4. The van der Waals surface area contributed by atoms with Gasteiger partial charge in [0, 0.05) is 44.4 Å². The van der Waals surface area contributed by atoms with Crippen molar-refractivity contribution in [1.29, 1.82) is 0 Å². The van der Waals surface area contributed by atoms with Gasteiger partial charge in [-0.15, -0.1) is 0 Å². The molecule has 10 nitrogen and oxygen atoms in total. The van der Waals surface area contributed by atoms with E-state index >= 15 is 0 Å². The summed E-state index contributed by atoms with van der Waals surface area (Å²) in [6, 6.07) is 4.33. The maximum absolute atomic E-state index is 14.5. The average Bonchev–Trinajstić information content (AvgIpc) is 3.22. The zero-order chi connectivity index (χ0) is 31.3. The number of hydrogen-bond donors (Lipinski definition) is 2. The molecule has 1 aromatic carbocycles. The normalized spacial score (nSPS) is 19.6. The van der Waals surface area contributed by atoms with Crippen molar-refractivity contribution in [3.63, 3.8) is 0 Å². The summed E-state index contributed by atoms with van der Waals surface area (Å²) >= 11 is 0. The molecule has 2 aromatic heterocycles. The number of carbonyl (C=O) groups excluding carboxylic acids is 2. The molecule has 2 aliphatic rings. The summed E-state index contributed by atoms with van der Waals surface area (Å²) in [5, 5.41) is 22.6. The minimum atomic E-state index is -4.73. The van der Waals surface area contributed by atoms with E-state index in [0.717, 1.165) is 6.07 Å². The van der Waals surface area contributed by atoms with E-state index < -0.39 is 60.8 Å². The minimum Gasteiger partial charge on any atom is -0.846 e. The monoisotopic (exact) mass is 650 g/mol. The van der Waals surface area contributed by atoms with Gasteiger partial charge < -0.3 is 29.9 Å². The molecule has 3 aromatic rings. The number of aromatic nitrogens is 3. The van der Waals surface area contributed by atoms with Crippen molar-refractivity contribution in [3.05, 3.63) is 53.7 Å². The van der Waals surface area contributed by atoms with Crippen molar-refractivity contribution in [2.45, 2.75) is 56.8 Å². The van der Waals surface area contributed by atoms with Crippen molar-refractivity contribution >= 4 is 23.1 Å². The van der Waals surface area contributed by atoms with Gasteiger partial charge in [0.2, 0.25) is 5.91 Å². The van der Waals surface area contributed by atoms with Gasteiger partial charge in [0.1, 0.15) is 12.6 Å². The number of piperidine rings is 1. The second kappa shape index (κ2) is 15.8. The van der Waals surface area contributed by atoms with Crippen LogP contribution in [0, 0.1) is 11.6 Å². The number of carbonyl (C=O) groups is 2. The van der Waals surface area contributed by atoms with E-state index in [1.54, 1.807) is 23.6 Å². The second-order valence-corrected chi connectivity index (χ2v) is 10.4. The number of likely N-dealkylation sites (tertiary alicyclic amines) is 2. The minimum absolute atomic E-state index is 0. The van der Waals surface area contributed by atoms with Gasteiger partial charge in [0.05, 0.1) is 11.5 Å². The van der Waals surface area contributed by atoms with Gasteiger partial charge in [0.25, 0.3) is 0 Å². The molecule has 2 N–H and O–H groups in total. The first-order chi connectivity index (χ1) is 20.4. The van der Waals surface area contributed by atoms with Crippen LogP contribution in [0.5, 0.6) is 6.01 Å². The maximum Gasteiger partial charge on any atom is 1.00 e. The van der Waals surface area contributed by atoms with Crippen LogP contribution in [0.3, 0.4) is 0 Å². The van der Waals surface area contributed by atoms with Crippen LogP contribution in [-0.4, -0.2) is 86.4 Å². The van der Waals surface area contributed by atoms with Gasteiger partial charge in [0.15, 0.2) is 17.3 Å². The molecule has 2 saturated heterocycles. The third-order valence-corrected chi connectivity index (χ3v) is 7.49. The molecule has 234 valence electrons. The Labute approximate surface area is 293 Å². The van der Waals surface area contributed by atoms with E-state index in [9.17, 15) is 36.6 Å². The third kappa shape index (κ3) is 8.66. The number of fused-ring (bicyclic) bond motifs is 1. The van der Waals surface area contributed by atoms with Gasteiger partial charge in [-0.3, -0.25) is 4.79 Å². The van der Waals surface area contributed by atoms with Crippen molar-refractivity contribution in [3.8, 4) is 6.01 Å². The standard InChI is InChI=1S/C26H27F5N6O3.C2H6O.K/c27-18-4-1-3-17(21(18)28)15-6-7-19(23(38)36(13-15)14-26(29,30)31)33-24(39)35-11-8-16(9-12-35)37-20-5-2-10-32-22(20)34-25(37)40;1-2-3;/h1-5,10,15-16,19H,6-9,11-14H2,(H,33,39)(H,32,34,40);3H,2H2,1H3;/q;;+1/p-1/t15-,19-;;/m1../s1. The summed E-state index contributed by atoms with van der Waals surface area (Å²) in [7, 11) is 0. The molecule has 16 heteroatoms. The largest absolute Gasteiger partial charge is 1.00 e. The summed E-state index contributed by atoms with van der Waals surface area (Å²) in [6.45, 7) is 0.352. The fraction of sp³-hybridized carbons (Fsp3) is 0.500. The molecule has 4 heterocycles. The van der Waals surface area contributed by atoms with Crippen molar-refractivity contribution in [1.82, 2.24) is 29.7 Å². The zero-order valence-corrected chi connectivity index (χ0v) is 27.5. The Morgan fingerprint density at radius 2 is 1.80 bits per heavy atom. The molecular formula is C28H32F5KN6O4. The number of rotatable bonds is 4. The number of nitrogens with one attached hydrogen (secondary N) is 1. The van der Waals surface area contributed by atoms with Crippen molar-refractivity contribution in [2.24, 2.45) is 0 Å². The number of urea groups is 1. The van der Waals surface area contributed by atoms with Gasteiger partial charge in [-0.2, -0.15) is 13.2 Å². The van der Waals surface area contributed by atoms with Crippen molar-refractivity contribution in [2.75, 3.05) is 32.8 Å². The summed E-state index contributed by atoms with van der Waals surface area (Å²) in [5.41, 5.74) is 0.807. The quantitative estimate of drug-likeness (QED) is 0.313. The molecule has 5 rings (SSSR count). The smallest absolute Gasteiger partial charge is 0.846 e. The van der Waals surface area contributed by atoms with Crippen molar-refractivity contribution < 1.29 is 93.1 Å². The first-order valence-corrected chi connectivity index (χ1v) is 13.9. The first kappa shape index (κ1) is 36.1. The Morgan fingerprint density at radius 1 is 1.11 bits per heavy atom. The molecule has 3 amide bonds. The Bertz CT molecular complexity index is 1430. The van der Waals surface area contributed by atoms with Crippen LogP contribution >= 0.6 is 0 Å². The van der Waals surface area contributed by atoms with Gasteiger partial charge in [-0.25, -0.2) is 23.5 Å². The predicted octanol–water partition coefficient (Wildman–Crippen LogP) is 0.469. The van der Waals surface area contributed by atoms with Gasteiger partial charge in [-0.05, 0) is 56.4 Å². The number of halogens is 5. The average molecular weight is 651 g/mol. The fourth-order valence-electron chi connectivity index (χ4n) is 5.57. The Morgan fingerprint density at radius 3 is 2.45 bits per heavy atom. The molecule has 0 bridgehead atoms. The predicted molar refractivity (Wildman–Crippen MR) is 143 cm³/mol. The number of nitrogens with zero attached hydrogens (tertiary/aromatic N) is 5. The number of imidazole rings is 1. The first-order valence-electron chi connectivity index (χ1n) is 13.9. The molecule has 44 heavy (non-hydrogen) atoms. The topological polar surface area (TPSA) is 127 Å². The molecular weight excluding hydrogens is 618 g/mol. The Hall–Kier alpha value is -2.37. The molecule has 2 fully saturated rings. The number of hydrogen-bond acceptors (Lipinski definition) is 6. The van der Waals surface area contributed by atoms with Gasteiger partial charge >= 0.3 is 63.6 Å². The van der Waals surface area contributed by atoms with Crippen LogP contribution in [-0.2, 0) is 4.79 Å². The number of aliphatic hydroxyl groups is 1. The molecule has 0 saturated carbocycles. The van der Waals surface area contributed by atoms with E-state index in [2.05, 4.69) is 15.3 Å². The summed E-state index contributed by atoms with van der Waals surface area (Å²) in [5.74, 6) is -4.12. The van der Waals surface area contributed by atoms with Crippen LogP contribution in [0.15, 0.2) is 36.5 Å². The SMILES string of the molecule is CCO.O=C(N[C@@H]1CC[C@@H](c2cccc(F)c2F)CN(CC(F)(F)F)C1=O)N1CCC(n2c([O-])nc3ncccc32)CC1.[K+]. The van der Waals surface area contributed by atoms with Gasteiger partial charge in [-0.1, -0.05) is 12.1 Å². The molecule has 0 unspecified atom stereocenters. The number of alkyl halides is 3. The van der Waals surface area contributed by atoms with E-state index in [1.165, 1.54) is 23.2 Å². The molecule has 2 aliphatic heterocycles. The van der Waals surface area contributed by atoms with Crippen LogP contribution in [0.4, 0.5) is 26.7 Å². The van der Waals surface area contributed by atoms with E-state index in [0.29, 0.717) is 28.9 Å². The summed E-state index contributed by atoms with van der Waals surface area (Å²) < 4.78 is 69.8. The summed E-state index contributed by atoms with van der Waals surface area (Å²) in [6.07, 6.45) is -2.35. The number of aliphatic hydroxyl groups excluding tert-OH is 1. The molecule has 0 aliphatic carbocycles. The van der Waals surface area contributed by atoms with Crippen LogP contribution < -0.4 is 61.8 Å². The number of amides is 3. The zero-order valence-electron chi connectivity index (χ0n) is 24.4. The molecule has 0 radical (unpaired) electrons. The number of pyridine rings is 1. The third-order valence-electron chi connectivity index (χ3n) is 7.49.